The fraction of sp³-hybridized carbons (Fsp3) is 0.417. The van der Waals surface area contributed by atoms with Gasteiger partial charge in [0.15, 0.2) is 0 Å². The van der Waals surface area contributed by atoms with Crippen molar-refractivity contribution in [1.82, 2.24) is 0 Å². The van der Waals surface area contributed by atoms with E-state index in [2.05, 4.69) is 46.1 Å². The minimum Gasteiger partial charge on any atom is -0.372 e. The van der Waals surface area contributed by atoms with E-state index in [0.29, 0.717) is 6.04 Å². The number of fused-ring (bicyclic) bond motifs is 1. The van der Waals surface area contributed by atoms with Crippen LogP contribution in [-0.4, -0.2) is 24.9 Å². The van der Waals surface area contributed by atoms with E-state index in [1.165, 1.54) is 0 Å². The number of carbonyl (C=O) groups excluding carboxylic acids is 1. The zero-order chi connectivity index (χ0) is 11.7. The van der Waals surface area contributed by atoms with Crippen LogP contribution in [-0.2, 0) is 4.79 Å². The fourth-order valence-corrected chi connectivity index (χ4v) is 2.34. The van der Waals surface area contributed by atoms with E-state index in [-0.39, 0.29) is 6.04 Å². The lowest BCUT2D eigenvalue weighted by molar-refractivity contribution is -0.108. The molecular formula is C12H15BrN2O. The predicted molar refractivity (Wildman–Crippen MR) is 70.1 cm³/mol. The molecule has 0 spiro atoms. The first-order chi connectivity index (χ1) is 7.61. The molecule has 1 N–H and O–H groups in total. The van der Waals surface area contributed by atoms with Crippen LogP contribution in [0.3, 0.4) is 0 Å². The van der Waals surface area contributed by atoms with Gasteiger partial charge in [0, 0.05) is 17.1 Å². The summed E-state index contributed by atoms with van der Waals surface area (Å²) < 4.78 is 1.06. The Morgan fingerprint density at radius 2 is 2.31 bits per heavy atom. The van der Waals surface area contributed by atoms with Crippen LogP contribution in [0.15, 0.2) is 22.7 Å². The number of nitrogens with one attached hydrogen (secondary N) is 1. The molecule has 0 bridgehead atoms. The molecule has 16 heavy (non-hydrogen) atoms. The highest BCUT2D eigenvalue weighted by Crippen LogP contribution is 2.34. The molecule has 0 saturated heterocycles. The molecule has 1 atom stereocenters. The van der Waals surface area contributed by atoms with Crippen molar-refractivity contribution in [3.8, 4) is 0 Å². The third kappa shape index (κ3) is 2.07. The Morgan fingerprint density at radius 1 is 1.56 bits per heavy atom. The molecule has 1 aliphatic rings. The minimum atomic E-state index is -0.115. The number of anilines is 2. The van der Waals surface area contributed by atoms with Crippen LogP contribution in [0.1, 0.15) is 13.8 Å². The lowest BCUT2D eigenvalue weighted by atomic mass is 10.1. The Bertz CT molecular complexity index is 406. The lowest BCUT2D eigenvalue weighted by Crippen LogP contribution is -2.45. The second kappa shape index (κ2) is 4.45. The molecule has 0 amide bonds. The molecule has 0 radical (unpaired) electrons. The van der Waals surface area contributed by atoms with Gasteiger partial charge < -0.3 is 15.0 Å². The normalized spacial score (nSPS) is 19.2. The summed E-state index contributed by atoms with van der Waals surface area (Å²) >= 11 is 3.48. The van der Waals surface area contributed by atoms with Crippen molar-refractivity contribution >= 4 is 33.6 Å². The van der Waals surface area contributed by atoms with Gasteiger partial charge in [-0.1, -0.05) is 15.9 Å². The van der Waals surface area contributed by atoms with E-state index in [9.17, 15) is 4.79 Å². The minimum absolute atomic E-state index is 0.115. The summed E-state index contributed by atoms with van der Waals surface area (Å²) in [4.78, 5) is 13.2. The second-order valence-corrected chi connectivity index (χ2v) is 5.21. The highest BCUT2D eigenvalue weighted by atomic mass is 79.9. The van der Waals surface area contributed by atoms with Crippen molar-refractivity contribution in [3.05, 3.63) is 22.7 Å². The molecule has 1 aromatic rings. The molecule has 0 saturated carbocycles. The average molecular weight is 283 g/mol. The topological polar surface area (TPSA) is 32.3 Å². The molecular weight excluding hydrogens is 268 g/mol. The summed E-state index contributed by atoms with van der Waals surface area (Å²) in [7, 11) is 0. The van der Waals surface area contributed by atoms with Gasteiger partial charge in [-0.2, -0.15) is 0 Å². The average Bonchev–Trinajstić information content (AvgIpc) is 2.27. The number of rotatable bonds is 2. The number of hydrogen-bond donors (Lipinski definition) is 1. The van der Waals surface area contributed by atoms with Gasteiger partial charge in [0.05, 0.1) is 17.4 Å². The first kappa shape index (κ1) is 11.5. The monoisotopic (exact) mass is 282 g/mol. The molecule has 1 aliphatic heterocycles. The smallest absolute Gasteiger partial charge is 0.144 e. The quantitative estimate of drug-likeness (QED) is 0.847. The summed E-state index contributed by atoms with van der Waals surface area (Å²) in [6, 6.07) is 6.35. The molecule has 0 aliphatic carbocycles. The van der Waals surface area contributed by atoms with Crippen molar-refractivity contribution in [2.24, 2.45) is 0 Å². The number of carbonyl (C=O) groups is 1. The number of hydrogen-bond acceptors (Lipinski definition) is 3. The lowest BCUT2D eigenvalue weighted by Gasteiger charge is -2.38. The van der Waals surface area contributed by atoms with E-state index in [0.717, 1.165) is 28.7 Å². The van der Waals surface area contributed by atoms with Gasteiger partial charge in [-0.3, -0.25) is 0 Å². The largest absolute Gasteiger partial charge is 0.372 e. The molecule has 4 heteroatoms. The van der Waals surface area contributed by atoms with E-state index in [1.807, 2.05) is 12.1 Å². The molecule has 86 valence electrons. The van der Waals surface area contributed by atoms with Gasteiger partial charge in [-0.05, 0) is 32.0 Å². The number of aldehydes is 1. The van der Waals surface area contributed by atoms with Crippen LogP contribution >= 0.6 is 15.9 Å². The summed E-state index contributed by atoms with van der Waals surface area (Å²) in [6.07, 6.45) is 0.973. The van der Waals surface area contributed by atoms with Crippen LogP contribution in [0, 0.1) is 0 Å². The van der Waals surface area contributed by atoms with Gasteiger partial charge in [0.2, 0.25) is 0 Å². The van der Waals surface area contributed by atoms with E-state index < -0.39 is 0 Å². The second-order valence-electron chi connectivity index (χ2n) is 4.29. The van der Waals surface area contributed by atoms with Crippen LogP contribution in [0.2, 0.25) is 0 Å². The van der Waals surface area contributed by atoms with Gasteiger partial charge in [0.25, 0.3) is 0 Å². The van der Waals surface area contributed by atoms with Gasteiger partial charge in [-0.25, -0.2) is 0 Å². The summed E-state index contributed by atoms with van der Waals surface area (Å²) in [6.45, 7) is 5.00. The van der Waals surface area contributed by atoms with Crippen molar-refractivity contribution < 1.29 is 4.79 Å². The van der Waals surface area contributed by atoms with E-state index >= 15 is 0 Å². The zero-order valence-corrected chi connectivity index (χ0v) is 11.0. The maximum atomic E-state index is 10.9. The Hall–Kier alpha value is -1.03. The molecule has 0 fully saturated rings. The molecule has 2 rings (SSSR count). The van der Waals surface area contributed by atoms with E-state index in [1.54, 1.807) is 0 Å². The first-order valence-electron chi connectivity index (χ1n) is 5.40. The standard InChI is InChI=1S/C12H15BrN2O/c1-8(2)15-6-10(7-16)14-11-4-3-9(13)5-12(11)15/h3-5,7-8,10,14H,6H2,1-2H3. The Labute approximate surface area is 104 Å². The molecule has 1 heterocycles. The van der Waals surface area contributed by atoms with Crippen molar-refractivity contribution in [1.29, 1.82) is 0 Å². The first-order valence-corrected chi connectivity index (χ1v) is 6.19. The maximum Gasteiger partial charge on any atom is 0.144 e. The predicted octanol–water partition coefficient (Wildman–Crippen LogP) is 2.66. The molecule has 1 unspecified atom stereocenters. The number of nitrogens with zero attached hydrogens (tertiary/aromatic N) is 1. The summed E-state index contributed by atoms with van der Waals surface area (Å²) in [5, 5.41) is 3.23. The molecule has 1 aromatic carbocycles. The summed E-state index contributed by atoms with van der Waals surface area (Å²) in [5.74, 6) is 0. The van der Waals surface area contributed by atoms with Gasteiger partial charge >= 0.3 is 0 Å². The number of benzene rings is 1. The highest BCUT2D eigenvalue weighted by molar-refractivity contribution is 9.10. The fourth-order valence-electron chi connectivity index (χ4n) is 1.99. The Balaban J connectivity index is 2.42. The van der Waals surface area contributed by atoms with Crippen molar-refractivity contribution in [2.45, 2.75) is 25.9 Å². The number of halogens is 1. The van der Waals surface area contributed by atoms with Crippen LogP contribution in [0.25, 0.3) is 0 Å². The van der Waals surface area contributed by atoms with Crippen LogP contribution < -0.4 is 10.2 Å². The van der Waals surface area contributed by atoms with Crippen molar-refractivity contribution in [2.75, 3.05) is 16.8 Å². The van der Waals surface area contributed by atoms with Gasteiger partial charge in [-0.15, -0.1) is 0 Å². The maximum absolute atomic E-state index is 10.9. The summed E-state index contributed by atoms with van der Waals surface area (Å²) in [5.41, 5.74) is 2.18. The van der Waals surface area contributed by atoms with E-state index in [4.69, 9.17) is 0 Å². The van der Waals surface area contributed by atoms with Crippen molar-refractivity contribution in [3.63, 3.8) is 0 Å². The van der Waals surface area contributed by atoms with Gasteiger partial charge in [0.1, 0.15) is 6.29 Å². The zero-order valence-electron chi connectivity index (χ0n) is 9.40. The van der Waals surface area contributed by atoms with Crippen LogP contribution in [0.5, 0.6) is 0 Å². The van der Waals surface area contributed by atoms with Crippen LogP contribution in [0.4, 0.5) is 11.4 Å². The Kier molecular flexibility index (Phi) is 3.19. The third-order valence-corrected chi connectivity index (χ3v) is 3.28. The molecule has 3 nitrogen and oxygen atoms in total. The highest BCUT2D eigenvalue weighted by Gasteiger charge is 2.24. The third-order valence-electron chi connectivity index (χ3n) is 2.79. The molecule has 0 aromatic heterocycles. The SMILES string of the molecule is CC(C)N1CC(C=O)Nc2ccc(Br)cc21. The Morgan fingerprint density at radius 3 is 2.94 bits per heavy atom.